The molecule has 3 amide bonds. The van der Waals surface area contributed by atoms with Gasteiger partial charge in [-0.25, -0.2) is 10.2 Å². The van der Waals surface area contributed by atoms with Crippen LogP contribution in [0.1, 0.15) is 11.1 Å². The molecule has 86 valence electrons. The molecule has 0 bridgehead atoms. The van der Waals surface area contributed by atoms with Crippen molar-refractivity contribution in [2.45, 2.75) is 6.54 Å². The molecule has 0 saturated carbocycles. The fourth-order valence-corrected chi connectivity index (χ4v) is 1.54. The lowest BCUT2D eigenvalue weighted by atomic mass is 10.1. The number of nitrogens with zero attached hydrogens (tertiary/aromatic N) is 2. The molecule has 0 unspecified atom stereocenters. The summed E-state index contributed by atoms with van der Waals surface area (Å²) in [4.78, 5) is 22.4. The van der Waals surface area contributed by atoms with E-state index >= 15 is 0 Å². The predicted octanol–water partition coefficient (Wildman–Crippen LogP) is 0.115. The van der Waals surface area contributed by atoms with E-state index in [4.69, 9.17) is 5.26 Å². The Morgan fingerprint density at radius 3 is 2.82 bits per heavy atom. The van der Waals surface area contributed by atoms with Gasteiger partial charge in [-0.05, 0) is 11.6 Å². The molecule has 1 aliphatic heterocycles. The molecule has 1 aliphatic rings. The van der Waals surface area contributed by atoms with Crippen molar-refractivity contribution >= 4 is 11.9 Å². The number of benzene rings is 1. The van der Waals surface area contributed by atoms with Gasteiger partial charge in [0, 0.05) is 0 Å². The summed E-state index contributed by atoms with van der Waals surface area (Å²) in [5, 5.41) is 12.4. The minimum Gasteiger partial charge on any atom is -0.276 e. The molecule has 1 saturated heterocycles. The van der Waals surface area contributed by atoms with Crippen molar-refractivity contribution in [2.24, 2.45) is 0 Å². The topological polar surface area (TPSA) is 85.2 Å². The molecule has 1 aromatic carbocycles. The minimum absolute atomic E-state index is 0.0560. The summed E-state index contributed by atoms with van der Waals surface area (Å²) in [5.74, 6) is -0.361. The van der Waals surface area contributed by atoms with Gasteiger partial charge in [0.1, 0.15) is 0 Å². The number of carbonyl (C=O) groups is 2. The Morgan fingerprint density at radius 1 is 1.35 bits per heavy atom. The largest absolute Gasteiger partial charge is 0.338 e. The first kappa shape index (κ1) is 11.1. The maximum atomic E-state index is 11.5. The molecule has 0 atom stereocenters. The molecule has 0 radical (unpaired) electrons. The zero-order valence-corrected chi connectivity index (χ0v) is 8.93. The average Bonchev–Trinajstić information content (AvgIpc) is 2.33. The molecule has 1 fully saturated rings. The first-order valence-electron chi connectivity index (χ1n) is 5.03. The van der Waals surface area contributed by atoms with E-state index in [1.54, 1.807) is 24.3 Å². The van der Waals surface area contributed by atoms with Crippen molar-refractivity contribution in [3.8, 4) is 6.07 Å². The molecule has 2 rings (SSSR count). The van der Waals surface area contributed by atoms with Crippen LogP contribution in [-0.2, 0) is 11.3 Å². The Morgan fingerprint density at radius 2 is 2.12 bits per heavy atom. The van der Waals surface area contributed by atoms with E-state index < -0.39 is 6.03 Å². The van der Waals surface area contributed by atoms with Crippen LogP contribution in [0, 0.1) is 11.3 Å². The predicted molar refractivity (Wildman–Crippen MR) is 58.2 cm³/mol. The highest BCUT2D eigenvalue weighted by atomic mass is 16.2. The molecule has 1 aromatic rings. The van der Waals surface area contributed by atoms with Gasteiger partial charge < -0.3 is 0 Å². The van der Waals surface area contributed by atoms with Crippen molar-refractivity contribution in [3.63, 3.8) is 0 Å². The number of hydrazine groups is 1. The van der Waals surface area contributed by atoms with Gasteiger partial charge in [0.05, 0.1) is 24.7 Å². The van der Waals surface area contributed by atoms with E-state index in [-0.39, 0.29) is 19.0 Å². The number of hydrogen-bond acceptors (Lipinski definition) is 4. The third-order valence-electron chi connectivity index (χ3n) is 2.39. The van der Waals surface area contributed by atoms with Crippen LogP contribution in [0.15, 0.2) is 24.3 Å². The Hall–Kier alpha value is -2.39. The summed E-state index contributed by atoms with van der Waals surface area (Å²) in [6, 6.07) is 8.55. The van der Waals surface area contributed by atoms with Gasteiger partial charge >= 0.3 is 6.03 Å². The maximum absolute atomic E-state index is 11.5. The van der Waals surface area contributed by atoms with Crippen LogP contribution in [0.4, 0.5) is 4.79 Å². The summed E-state index contributed by atoms with van der Waals surface area (Å²) in [5.41, 5.74) is 3.92. The average molecular weight is 230 g/mol. The number of urea groups is 1. The Kier molecular flexibility index (Phi) is 3.03. The van der Waals surface area contributed by atoms with Crippen molar-refractivity contribution in [2.75, 3.05) is 6.54 Å². The second-order valence-corrected chi connectivity index (χ2v) is 3.54. The van der Waals surface area contributed by atoms with Gasteiger partial charge in [-0.3, -0.25) is 15.1 Å². The number of amides is 3. The van der Waals surface area contributed by atoms with Gasteiger partial charge in [-0.15, -0.1) is 0 Å². The Labute approximate surface area is 97.8 Å². The van der Waals surface area contributed by atoms with Crippen LogP contribution in [-0.4, -0.2) is 23.5 Å². The first-order valence-corrected chi connectivity index (χ1v) is 5.03. The number of carbonyl (C=O) groups excluding carboxylic acids is 2. The highest BCUT2D eigenvalue weighted by Crippen LogP contribution is 2.10. The fourth-order valence-electron chi connectivity index (χ4n) is 1.54. The molecule has 0 aromatic heterocycles. The van der Waals surface area contributed by atoms with Gasteiger partial charge in [0.15, 0.2) is 0 Å². The zero-order chi connectivity index (χ0) is 12.3. The summed E-state index contributed by atoms with van der Waals surface area (Å²) in [6.45, 7) is 0.295. The lowest BCUT2D eigenvalue weighted by Crippen LogP contribution is -2.58. The van der Waals surface area contributed by atoms with Crippen LogP contribution in [0.25, 0.3) is 0 Å². The van der Waals surface area contributed by atoms with Gasteiger partial charge in [-0.1, -0.05) is 18.2 Å². The van der Waals surface area contributed by atoms with Gasteiger partial charge in [-0.2, -0.15) is 5.26 Å². The first-order chi connectivity index (χ1) is 8.20. The summed E-state index contributed by atoms with van der Waals surface area (Å²) < 4.78 is 0. The lowest BCUT2D eigenvalue weighted by molar-refractivity contribution is -0.121. The number of nitriles is 1. The number of hydrogen-bond donors (Lipinski definition) is 2. The Balaban J connectivity index is 2.13. The van der Waals surface area contributed by atoms with E-state index in [9.17, 15) is 9.59 Å². The van der Waals surface area contributed by atoms with Crippen LogP contribution in [0.5, 0.6) is 0 Å². The third kappa shape index (κ3) is 2.41. The molecule has 17 heavy (non-hydrogen) atoms. The van der Waals surface area contributed by atoms with Crippen LogP contribution in [0.3, 0.4) is 0 Å². The summed E-state index contributed by atoms with van der Waals surface area (Å²) >= 11 is 0. The minimum atomic E-state index is -0.506. The normalized spacial score (nSPS) is 15.4. The highest BCUT2D eigenvalue weighted by molar-refractivity contribution is 5.97. The second kappa shape index (κ2) is 4.63. The Bertz CT molecular complexity index is 506. The fraction of sp³-hybridized carbons (Fsp3) is 0.182. The smallest absolute Gasteiger partial charge is 0.276 e. The quantitative estimate of drug-likeness (QED) is 0.755. The van der Waals surface area contributed by atoms with Crippen molar-refractivity contribution in [1.29, 1.82) is 5.26 Å². The summed E-state index contributed by atoms with van der Waals surface area (Å²) in [7, 11) is 0. The molecular formula is C11H10N4O2. The molecule has 2 N–H and O–H groups in total. The standard InChI is InChI=1S/C11H10N4O2/c12-5-8-3-1-2-4-9(8)7-15-11(17)14-10(16)6-13-15/h1-4,13H,6-7H2,(H,14,16,17). The van der Waals surface area contributed by atoms with Gasteiger partial charge in [0.25, 0.3) is 0 Å². The van der Waals surface area contributed by atoms with Crippen LogP contribution in [0.2, 0.25) is 0 Å². The number of imide groups is 1. The van der Waals surface area contributed by atoms with E-state index in [2.05, 4.69) is 16.8 Å². The SMILES string of the molecule is N#Cc1ccccc1CN1NCC(=O)NC1=O. The van der Waals surface area contributed by atoms with Crippen molar-refractivity contribution in [3.05, 3.63) is 35.4 Å². The molecule has 0 aliphatic carbocycles. The molecule has 6 heteroatoms. The third-order valence-corrected chi connectivity index (χ3v) is 2.39. The second-order valence-electron chi connectivity index (χ2n) is 3.54. The molecule has 0 spiro atoms. The van der Waals surface area contributed by atoms with Crippen molar-refractivity contribution in [1.82, 2.24) is 15.8 Å². The van der Waals surface area contributed by atoms with E-state index in [0.29, 0.717) is 5.56 Å². The van der Waals surface area contributed by atoms with Crippen LogP contribution >= 0.6 is 0 Å². The molecular weight excluding hydrogens is 220 g/mol. The monoisotopic (exact) mass is 230 g/mol. The zero-order valence-electron chi connectivity index (χ0n) is 8.93. The van der Waals surface area contributed by atoms with Crippen LogP contribution < -0.4 is 10.7 Å². The maximum Gasteiger partial charge on any atom is 0.338 e. The highest BCUT2D eigenvalue weighted by Gasteiger charge is 2.22. The molecule has 1 heterocycles. The number of rotatable bonds is 2. The summed E-state index contributed by atoms with van der Waals surface area (Å²) in [6.07, 6.45) is 0. The van der Waals surface area contributed by atoms with E-state index in [1.165, 1.54) is 5.01 Å². The number of nitrogens with one attached hydrogen (secondary N) is 2. The van der Waals surface area contributed by atoms with E-state index in [1.807, 2.05) is 0 Å². The molecule has 6 nitrogen and oxygen atoms in total. The van der Waals surface area contributed by atoms with E-state index in [0.717, 1.165) is 5.56 Å². The van der Waals surface area contributed by atoms with Crippen molar-refractivity contribution < 1.29 is 9.59 Å². The lowest BCUT2D eigenvalue weighted by Gasteiger charge is -2.27. The van der Waals surface area contributed by atoms with Gasteiger partial charge in [0.2, 0.25) is 5.91 Å².